The third-order valence-electron chi connectivity index (χ3n) is 8.31. The second-order valence-electron chi connectivity index (χ2n) is 13.0. The Kier molecular flexibility index (Phi) is 6.57. The van der Waals surface area contributed by atoms with Crippen molar-refractivity contribution in [2.24, 2.45) is 0 Å². The number of hydrogen-bond acceptors (Lipinski definition) is 3. The maximum atomic E-state index is 6.76. The van der Waals surface area contributed by atoms with Gasteiger partial charge in [0.25, 0.3) is 0 Å². The summed E-state index contributed by atoms with van der Waals surface area (Å²) in [5, 5.41) is 3.37. The summed E-state index contributed by atoms with van der Waals surface area (Å²) in [5.41, 5.74) is 7.21. The van der Waals surface area contributed by atoms with E-state index in [1.165, 1.54) is 44.1 Å². The van der Waals surface area contributed by atoms with E-state index < -0.39 is 0 Å². The summed E-state index contributed by atoms with van der Waals surface area (Å²) in [7, 11) is 2.21. The van der Waals surface area contributed by atoms with E-state index in [2.05, 4.69) is 105 Å². The minimum absolute atomic E-state index is 0.0689. The highest BCUT2D eigenvalue weighted by atomic mass is 35.5. The fraction of sp³-hybridized carbons (Fsp3) is 0.412. The van der Waals surface area contributed by atoms with Crippen molar-refractivity contribution in [3.8, 4) is 5.75 Å². The van der Waals surface area contributed by atoms with Crippen LogP contribution in [-0.2, 0) is 18.5 Å². The highest BCUT2D eigenvalue weighted by Crippen LogP contribution is 2.44. The first-order chi connectivity index (χ1) is 18.5. The van der Waals surface area contributed by atoms with E-state index in [0.717, 1.165) is 50.0 Å². The SMILES string of the molecule is CN1CCN(Cc2cc3c4cc(C(C)(C)C)ccc4n(Cc4cccc(Cl)c4)c3c3c2OC(C)(C)C=C3)CC1. The maximum Gasteiger partial charge on any atom is 0.134 e. The molecule has 3 heterocycles. The first-order valence-corrected chi connectivity index (χ1v) is 14.5. The molecule has 39 heavy (non-hydrogen) atoms. The molecule has 1 aromatic heterocycles. The first kappa shape index (κ1) is 26.4. The molecule has 0 saturated carbocycles. The summed E-state index contributed by atoms with van der Waals surface area (Å²) in [6, 6.07) is 17.7. The van der Waals surface area contributed by atoms with Crippen molar-refractivity contribution in [3.05, 3.63) is 81.9 Å². The topological polar surface area (TPSA) is 20.6 Å². The molecule has 4 nitrogen and oxygen atoms in total. The number of likely N-dealkylation sites (N-methyl/N-ethyl adjacent to an activating group) is 1. The summed E-state index contributed by atoms with van der Waals surface area (Å²) in [4.78, 5) is 4.98. The minimum atomic E-state index is -0.346. The Bertz CT molecular complexity index is 1580. The van der Waals surface area contributed by atoms with Gasteiger partial charge in [0.1, 0.15) is 11.4 Å². The van der Waals surface area contributed by atoms with Gasteiger partial charge in [-0.15, -0.1) is 0 Å². The number of nitrogens with zero attached hydrogens (tertiary/aromatic N) is 3. The summed E-state index contributed by atoms with van der Waals surface area (Å²) in [5.74, 6) is 1.03. The Labute approximate surface area is 237 Å². The van der Waals surface area contributed by atoms with Crippen LogP contribution in [0.25, 0.3) is 27.9 Å². The van der Waals surface area contributed by atoms with Crippen LogP contribution >= 0.6 is 11.6 Å². The Hall–Kier alpha value is -2.79. The Morgan fingerprint density at radius 2 is 1.69 bits per heavy atom. The average Bonchev–Trinajstić information content (AvgIpc) is 3.17. The lowest BCUT2D eigenvalue weighted by Crippen LogP contribution is -2.44. The summed E-state index contributed by atoms with van der Waals surface area (Å²) in [6.45, 7) is 17.2. The van der Waals surface area contributed by atoms with Gasteiger partial charge >= 0.3 is 0 Å². The predicted octanol–water partition coefficient (Wildman–Crippen LogP) is 7.73. The van der Waals surface area contributed by atoms with Crippen LogP contribution in [0.4, 0.5) is 0 Å². The smallest absolute Gasteiger partial charge is 0.134 e. The molecule has 4 aromatic rings. The van der Waals surface area contributed by atoms with E-state index in [-0.39, 0.29) is 11.0 Å². The second kappa shape index (κ2) is 9.69. The highest BCUT2D eigenvalue weighted by molar-refractivity contribution is 6.30. The molecule has 1 fully saturated rings. The van der Waals surface area contributed by atoms with E-state index >= 15 is 0 Å². The Morgan fingerprint density at radius 1 is 0.923 bits per heavy atom. The van der Waals surface area contributed by atoms with Crippen LogP contribution in [0.1, 0.15) is 56.9 Å². The number of benzene rings is 3. The number of fused-ring (bicyclic) bond motifs is 5. The zero-order valence-electron chi connectivity index (χ0n) is 24.1. The van der Waals surface area contributed by atoms with E-state index in [1.807, 2.05) is 12.1 Å². The molecule has 0 spiro atoms. The molecule has 0 bridgehead atoms. The van der Waals surface area contributed by atoms with Crippen LogP contribution < -0.4 is 4.74 Å². The van der Waals surface area contributed by atoms with Crippen molar-refractivity contribution in [2.45, 2.75) is 58.7 Å². The Morgan fingerprint density at radius 3 is 2.41 bits per heavy atom. The van der Waals surface area contributed by atoms with Crippen molar-refractivity contribution >= 4 is 39.5 Å². The van der Waals surface area contributed by atoms with Crippen molar-refractivity contribution in [1.82, 2.24) is 14.4 Å². The fourth-order valence-electron chi connectivity index (χ4n) is 6.01. The van der Waals surface area contributed by atoms with E-state index in [1.54, 1.807) is 0 Å². The molecular formula is C34H40ClN3O. The monoisotopic (exact) mass is 541 g/mol. The number of piperazine rings is 1. The van der Waals surface area contributed by atoms with Gasteiger partial charge in [-0.2, -0.15) is 0 Å². The number of ether oxygens (including phenoxy) is 1. The standard InChI is InChI=1S/C34H40ClN3O/c1-33(2,3)25-10-11-30-28(20-25)29-19-24(22-37-16-14-36(6)15-17-37)32-27(12-13-34(4,5)39-32)31(29)38(30)21-23-8-7-9-26(35)18-23/h7-13,18-20H,14-17,21-22H2,1-6H3. The van der Waals surface area contributed by atoms with Gasteiger partial charge in [0.15, 0.2) is 0 Å². The fourth-order valence-corrected chi connectivity index (χ4v) is 6.22. The molecule has 0 radical (unpaired) electrons. The molecule has 2 aliphatic heterocycles. The molecule has 0 N–H and O–H groups in total. The molecular weight excluding hydrogens is 502 g/mol. The normalized spacial score (nSPS) is 18.0. The Balaban J connectivity index is 1.61. The molecule has 0 amide bonds. The molecule has 1 saturated heterocycles. The maximum absolute atomic E-state index is 6.76. The van der Waals surface area contributed by atoms with Gasteiger partial charge in [0, 0.05) is 71.7 Å². The zero-order valence-corrected chi connectivity index (χ0v) is 24.9. The summed E-state index contributed by atoms with van der Waals surface area (Å²) >= 11 is 6.41. The van der Waals surface area contributed by atoms with Gasteiger partial charge in [-0.25, -0.2) is 0 Å². The minimum Gasteiger partial charge on any atom is -0.483 e. The van der Waals surface area contributed by atoms with E-state index in [4.69, 9.17) is 16.3 Å². The molecule has 3 aromatic carbocycles. The lowest BCUT2D eigenvalue weighted by molar-refractivity contribution is 0.136. The third-order valence-corrected chi connectivity index (χ3v) is 8.55. The number of rotatable bonds is 4. The van der Waals surface area contributed by atoms with Crippen LogP contribution in [-0.4, -0.2) is 53.2 Å². The lowest BCUT2D eigenvalue weighted by atomic mass is 9.86. The average molecular weight is 542 g/mol. The van der Waals surface area contributed by atoms with Crippen molar-refractivity contribution in [1.29, 1.82) is 0 Å². The van der Waals surface area contributed by atoms with Crippen molar-refractivity contribution in [2.75, 3.05) is 33.2 Å². The van der Waals surface area contributed by atoms with Crippen LogP contribution in [0.15, 0.2) is 54.6 Å². The summed E-state index contributed by atoms with van der Waals surface area (Å²) < 4.78 is 9.23. The number of aromatic nitrogens is 1. The molecule has 2 aliphatic rings. The summed E-state index contributed by atoms with van der Waals surface area (Å²) in [6.07, 6.45) is 4.50. The molecule has 0 atom stereocenters. The van der Waals surface area contributed by atoms with Crippen molar-refractivity contribution in [3.63, 3.8) is 0 Å². The van der Waals surface area contributed by atoms with Gasteiger partial charge in [0.2, 0.25) is 0 Å². The first-order valence-electron chi connectivity index (χ1n) is 14.1. The number of hydrogen-bond donors (Lipinski definition) is 0. The second-order valence-corrected chi connectivity index (χ2v) is 13.4. The molecule has 5 heteroatoms. The third kappa shape index (κ3) is 5.11. The lowest BCUT2D eigenvalue weighted by Gasteiger charge is -2.34. The molecule has 6 rings (SSSR count). The van der Waals surface area contributed by atoms with Gasteiger partial charge in [-0.1, -0.05) is 50.6 Å². The largest absolute Gasteiger partial charge is 0.483 e. The molecule has 0 unspecified atom stereocenters. The molecule has 204 valence electrons. The van der Waals surface area contributed by atoms with Gasteiger partial charge in [0.05, 0.1) is 5.52 Å². The van der Waals surface area contributed by atoms with Crippen molar-refractivity contribution < 1.29 is 4.74 Å². The van der Waals surface area contributed by atoms with Gasteiger partial charge in [-0.3, -0.25) is 4.90 Å². The molecule has 0 aliphatic carbocycles. The van der Waals surface area contributed by atoms with Crippen LogP contribution in [0.3, 0.4) is 0 Å². The van der Waals surface area contributed by atoms with Gasteiger partial charge < -0.3 is 14.2 Å². The van der Waals surface area contributed by atoms with E-state index in [0.29, 0.717) is 0 Å². The predicted molar refractivity (Wildman–Crippen MR) is 165 cm³/mol. The quantitative estimate of drug-likeness (QED) is 0.264. The zero-order chi connectivity index (χ0) is 27.5. The van der Waals surface area contributed by atoms with Crippen LogP contribution in [0, 0.1) is 0 Å². The number of halogens is 1. The van der Waals surface area contributed by atoms with Crippen LogP contribution in [0.2, 0.25) is 5.02 Å². The van der Waals surface area contributed by atoms with E-state index in [9.17, 15) is 0 Å². The highest BCUT2D eigenvalue weighted by Gasteiger charge is 2.29. The van der Waals surface area contributed by atoms with Crippen LogP contribution in [0.5, 0.6) is 5.75 Å². The van der Waals surface area contributed by atoms with Gasteiger partial charge in [-0.05, 0) is 79.9 Å².